The number of carbonyl (C=O) groups is 3. The molecule has 2 aromatic rings. The van der Waals surface area contributed by atoms with E-state index in [0.29, 0.717) is 51.3 Å². The molecule has 0 aromatic heterocycles. The highest BCUT2D eigenvalue weighted by atomic mass is 79.9. The molecule has 1 aliphatic heterocycles. The highest BCUT2D eigenvalue weighted by Crippen LogP contribution is 2.38. The van der Waals surface area contributed by atoms with Crippen LogP contribution < -0.4 is 15.0 Å². The number of para-hydroxylation sites is 1. The minimum Gasteiger partial charge on any atom is -0.483 e. The lowest BCUT2D eigenvalue weighted by molar-refractivity contribution is -0.120. The molecular weight excluding hydrogens is 502 g/mol. The number of amides is 3. The third-order valence-electron chi connectivity index (χ3n) is 5.75. The van der Waals surface area contributed by atoms with Crippen LogP contribution in [0.5, 0.6) is 5.75 Å². The summed E-state index contributed by atoms with van der Waals surface area (Å²) in [5, 5.41) is 6.43. The Labute approximate surface area is 205 Å². The van der Waals surface area contributed by atoms with Gasteiger partial charge in [0.2, 0.25) is 0 Å². The molecule has 9 heteroatoms. The van der Waals surface area contributed by atoms with Gasteiger partial charge in [-0.3, -0.25) is 19.7 Å². The number of oxime groups is 1. The third-order valence-corrected chi connectivity index (χ3v) is 6.40. The SMILES string of the molecule is C/C(=N/OC(=O)Nc1ccccc1)C(C)Oc1cc(N2C(=O)C3=C(CCCC3)C2=O)ccc1Br. The van der Waals surface area contributed by atoms with Crippen molar-refractivity contribution in [1.82, 2.24) is 0 Å². The summed E-state index contributed by atoms with van der Waals surface area (Å²) in [6.45, 7) is 3.42. The summed E-state index contributed by atoms with van der Waals surface area (Å²) in [5.74, 6) is -0.0769. The molecule has 1 heterocycles. The van der Waals surface area contributed by atoms with Crippen LogP contribution in [0.15, 0.2) is 69.3 Å². The lowest BCUT2D eigenvalue weighted by Crippen LogP contribution is -2.31. The zero-order chi connectivity index (χ0) is 24.2. The van der Waals surface area contributed by atoms with Gasteiger partial charge in [0.05, 0.1) is 15.9 Å². The Morgan fingerprint density at radius 2 is 1.71 bits per heavy atom. The molecule has 1 unspecified atom stereocenters. The number of hydrogen-bond donors (Lipinski definition) is 1. The summed E-state index contributed by atoms with van der Waals surface area (Å²) in [5.41, 5.74) is 2.72. The quantitative estimate of drug-likeness (QED) is 0.229. The lowest BCUT2D eigenvalue weighted by Gasteiger charge is -2.19. The van der Waals surface area contributed by atoms with E-state index in [0.717, 1.165) is 12.8 Å². The Bertz CT molecular complexity index is 1160. The van der Waals surface area contributed by atoms with E-state index >= 15 is 0 Å². The molecular formula is C25H24BrN3O5. The zero-order valence-corrected chi connectivity index (χ0v) is 20.4. The number of anilines is 2. The summed E-state index contributed by atoms with van der Waals surface area (Å²) >= 11 is 3.45. The highest BCUT2D eigenvalue weighted by molar-refractivity contribution is 9.10. The normalized spacial score (nSPS) is 16.9. The summed E-state index contributed by atoms with van der Waals surface area (Å²) in [6, 6.07) is 14.0. The van der Waals surface area contributed by atoms with Crippen molar-refractivity contribution in [2.24, 2.45) is 5.16 Å². The predicted molar refractivity (Wildman–Crippen MR) is 132 cm³/mol. The van der Waals surface area contributed by atoms with E-state index in [1.807, 2.05) is 6.07 Å². The number of benzene rings is 2. The van der Waals surface area contributed by atoms with Crippen LogP contribution in [0.25, 0.3) is 0 Å². The molecule has 34 heavy (non-hydrogen) atoms. The van der Waals surface area contributed by atoms with Crippen molar-refractivity contribution in [2.45, 2.75) is 45.6 Å². The topological polar surface area (TPSA) is 97.3 Å². The van der Waals surface area contributed by atoms with E-state index < -0.39 is 12.2 Å². The number of nitrogens with zero attached hydrogens (tertiary/aromatic N) is 2. The molecule has 1 atom stereocenters. The number of hydrogen-bond acceptors (Lipinski definition) is 6. The van der Waals surface area contributed by atoms with Crippen LogP contribution >= 0.6 is 15.9 Å². The van der Waals surface area contributed by atoms with Gasteiger partial charge in [0, 0.05) is 22.9 Å². The minimum atomic E-state index is -0.719. The smallest absolute Gasteiger partial charge is 0.437 e. The highest BCUT2D eigenvalue weighted by Gasteiger charge is 2.39. The summed E-state index contributed by atoms with van der Waals surface area (Å²) in [7, 11) is 0. The average molecular weight is 526 g/mol. The predicted octanol–water partition coefficient (Wildman–Crippen LogP) is 5.58. The molecule has 176 valence electrons. The van der Waals surface area contributed by atoms with Gasteiger partial charge < -0.3 is 4.74 Å². The first-order valence-corrected chi connectivity index (χ1v) is 11.8. The first kappa shape index (κ1) is 23.7. The van der Waals surface area contributed by atoms with E-state index in [2.05, 4.69) is 26.4 Å². The van der Waals surface area contributed by atoms with Gasteiger partial charge in [0.1, 0.15) is 11.9 Å². The first-order valence-electron chi connectivity index (χ1n) is 11.0. The van der Waals surface area contributed by atoms with Crippen molar-refractivity contribution in [3.63, 3.8) is 0 Å². The van der Waals surface area contributed by atoms with Crippen molar-refractivity contribution in [3.8, 4) is 5.75 Å². The standard InChI is InChI=1S/C25H24BrN3O5/c1-15(28-34-25(32)27-17-8-4-3-5-9-17)16(2)33-22-14-18(12-13-21(22)26)29-23(30)19-10-6-7-11-20(19)24(29)31/h3-5,8-9,12-14,16H,6-7,10-11H2,1-2H3,(H,27,32)/b28-15-. The van der Waals surface area contributed by atoms with Gasteiger partial charge in [-0.2, -0.15) is 0 Å². The Morgan fingerprint density at radius 3 is 2.35 bits per heavy atom. The van der Waals surface area contributed by atoms with Crippen LogP contribution in [-0.2, 0) is 14.4 Å². The second kappa shape index (κ2) is 10.2. The molecule has 2 aromatic carbocycles. The van der Waals surface area contributed by atoms with E-state index in [-0.39, 0.29) is 11.8 Å². The number of halogens is 1. The van der Waals surface area contributed by atoms with Gasteiger partial charge in [-0.25, -0.2) is 9.69 Å². The lowest BCUT2D eigenvalue weighted by atomic mass is 9.93. The largest absolute Gasteiger partial charge is 0.483 e. The Morgan fingerprint density at radius 1 is 1.06 bits per heavy atom. The second-order valence-corrected chi connectivity index (χ2v) is 8.94. The molecule has 1 aliphatic carbocycles. The average Bonchev–Trinajstić information content (AvgIpc) is 3.09. The minimum absolute atomic E-state index is 0.253. The Balaban J connectivity index is 1.43. The fraction of sp³-hybridized carbons (Fsp3) is 0.280. The maximum atomic E-state index is 12.9. The van der Waals surface area contributed by atoms with Gasteiger partial charge in [-0.05, 0) is 79.7 Å². The molecule has 4 rings (SSSR count). The molecule has 0 saturated carbocycles. The summed E-state index contributed by atoms with van der Waals surface area (Å²) < 4.78 is 6.64. The molecule has 3 amide bonds. The molecule has 0 spiro atoms. The number of nitrogens with one attached hydrogen (secondary N) is 1. The van der Waals surface area contributed by atoms with Gasteiger partial charge in [0.15, 0.2) is 0 Å². The molecule has 1 N–H and O–H groups in total. The molecule has 0 bridgehead atoms. The fourth-order valence-corrected chi connectivity index (χ4v) is 4.16. The summed E-state index contributed by atoms with van der Waals surface area (Å²) in [4.78, 5) is 43.9. The van der Waals surface area contributed by atoms with Crippen molar-refractivity contribution in [3.05, 3.63) is 64.1 Å². The van der Waals surface area contributed by atoms with Crippen LogP contribution in [0.3, 0.4) is 0 Å². The van der Waals surface area contributed by atoms with E-state index in [9.17, 15) is 14.4 Å². The maximum absolute atomic E-state index is 12.9. The van der Waals surface area contributed by atoms with Crippen molar-refractivity contribution < 1.29 is 24.0 Å². The molecule has 0 radical (unpaired) electrons. The molecule has 2 aliphatic rings. The Kier molecular flexibility index (Phi) is 7.12. The molecule has 8 nitrogen and oxygen atoms in total. The number of ether oxygens (including phenoxy) is 1. The van der Waals surface area contributed by atoms with E-state index in [4.69, 9.17) is 9.57 Å². The van der Waals surface area contributed by atoms with Gasteiger partial charge in [0.25, 0.3) is 11.8 Å². The van der Waals surface area contributed by atoms with Crippen molar-refractivity contribution in [2.75, 3.05) is 10.2 Å². The number of rotatable bonds is 6. The first-order chi connectivity index (χ1) is 16.3. The van der Waals surface area contributed by atoms with E-state index in [1.54, 1.807) is 56.3 Å². The van der Waals surface area contributed by atoms with Gasteiger partial charge >= 0.3 is 6.09 Å². The van der Waals surface area contributed by atoms with Crippen molar-refractivity contribution in [1.29, 1.82) is 0 Å². The van der Waals surface area contributed by atoms with Crippen LogP contribution in [0.1, 0.15) is 39.5 Å². The third kappa shape index (κ3) is 5.04. The van der Waals surface area contributed by atoms with Gasteiger partial charge in [-0.1, -0.05) is 23.4 Å². The van der Waals surface area contributed by atoms with Crippen molar-refractivity contribution >= 4 is 50.9 Å². The molecule has 0 saturated heterocycles. The van der Waals surface area contributed by atoms with Crippen LogP contribution in [-0.4, -0.2) is 29.7 Å². The van der Waals surface area contributed by atoms with Crippen LogP contribution in [0.2, 0.25) is 0 Å². The summed E-state index contributed by atoms with van der Waals surface area (Å²) in [6.07, 6.45) is 1.85. The maximum Gasteiger partial charge on any atom is 0.437 e. The van der Waals surface area contributed by atoms with Crippen LogP contribution in [0, 0.1) is 0 Å². The second-order valence-electron chi connectivity index (χ2n) is 8.09. The number of imide groups is 1. The molecule has 0 fully saturated rings. The Hall–Kier alpha value is -3.46. The van der Waals surface area contributed by atoms with E-state index in [1.165, 1.54) is 4.90 Å². The van der Waals surface area contributed by atoms with Gasteiger partial charge in [-0.15, -0.1) is 0 Å². The monoisotopic (exact) mass is 525 g/mol. The fourth-order valence-electron chi connectivity index (χ4n) is 3.82. The number of carbonyl (C=O) groups excluding carboxylic acids is 3. The van der Waals surface area contributed by atoms with Crippen LogP contribution in [0.4, 0.5) is 16.2 Å². The zero-order valence-electron chi connectivity index (χ0n) is 18.8.